The van der Waals surface area contributed by atoms with Gasteiger partial charge in [0.25, 0.3) is 0 Å². The Bertz CT molecular complexity index is 557. The van der Waals surface area contributed by atoms with Crippen molar-refractivity contribution in [3.63, 3.8) is 0 Å². The lowest BCUT2D eigenvalue weighted by Crippen LogP contribution is -2.28. The fraction of sp³-hybridized carbons (Fsp3) is 0.571. The summed E-state index contributed by atoms with van der Waals surface area (Å²) in [6.45, 7) is 8.70. The second-order valence-electron chi connectivity index (χ2n) is 5.36. The maximum atomic E-state index is 6.05. The molecular weight excluding hydrogens is 246 g/mol. The van der Waals surface area contributed by atoms with E-state index in [2.05, 4.69) is 42.2 Å². The normalized spacial score (nSPS) is 12.3. The summed E-state index contributed by atoms with van der Waals surface area (Å²) in [5.74, 6) is 1.33. The Morgan fingerprint density at radius 1 is 1.39 bits per heavy atom. The molecule has 0 fully saturated rings. The number of hydrogen-bond donors (Lipinski definition) is 0. The molecular formula is C14H20ClN3. The van der Waals surface area contributed by atoms with E-state index in [1.54, 1.807) is 0 Å². The maximum Gasteiger partial charge on any atom is 0.160 e. The molecule has 0 N–H and O–H groups in total. The molecule has 0 aliphatic heterocycles. The second kappa shape index (κ2) is 4.88. The molecule has 4 heteroatoms. The van der Waals surface area contributed by atoms with Gasteiger partial charge in [0.2, 0.25) is 0 Å². The molecule has 2 rings (SSSR count). The van der Waals surface area contributed by atoms with E-state index >= 15 is 0 Å². The van der Waals surface area contributed by atoms with Crippen LogP contribution in [0.2, 0.25) is 0 Å². The summed E-state index contributed by atoms with van der Waals surface area (Å²) >= 11 is 6.05. The van der Waals surface area contributed by atoms with Gasteiger partial charge in [-0.2, -0.15) is 0 Å². The lowest BCUT2D eigenvalue weighted by Gasteiger charge is -2.28. The van der Waals surface area contributed by atoms with E-state index in [0.29, 0.717) is 5.88 Å². The van der Waals surface area contributed by atoms with Crippen LogP contribution in [0.3, 0.4) is 0 Å². The molecule has 3 nitrogen and oxygen atoms in total. The van der Waals surface area contributed by atoms with Crippen molar-refractivity contribution in [1.82, 2.24) is 14.5 Å². The van der Waals surface area contributed by atoms with Gasteiger partial charge in [0, 0.05) is 11.7 Å². The molecule has 0 spiro atoms. The van der Waals surface area contributed by atoms with Crippen molar-refractivity contribution in [3.8, 4) is 0 Å². The summed E-state index contributed by atoms with van der Waals surface area (Å²) in [5, 5.41) is 0. The molecule has 0 saturated heterocycles. The van der Waals surface area contributed by atoms with Crippen LogP contribution >= 0.6 is 11.6 Å². The number of hydrogen-bond acceptors (Lipinski definition) is 2. The topological polar surface area (TPSA) is 30.7 Å². The molecule has 0 bridgehead atoms. The van der Waals surface area contributed by atoms with Crippen molar-refractivity contribution in [2.75, 3.05) is 0 Å². The summed E-state index contributed by atoms with van der Waals surface area (Å²) in [4.78, 5) is 9.15. The maximum absolute atomic E-state index is 6.05. The third-order valence-electron chi connectivity index (χ3n) is 3.40. The number of alkyl halides is 1. The molecule has 0 unspecified atom stereocenters. The van der Waals surface area contributed by atoms with Crippen LogP contribution in [0.5, 0.6) is 0 Å². The Hall–Kier alpha value is -1.09. The minimum Gasteiger partial charge on any atom is -0.306 e. The largest absolute Gasteiger partial charge is 0.306 e. The van der Waals surface area contributed by atoms with Crippen LogP contribution in [0, 0.1) is 6.92 Å². The summed E-state index contributed by atoms with van der Waals surface area (Å²) in [6.07, 6.45) is 4.05. The first kappa shape index (κ1) is 13.3. The highest BCUT2D eigenvalue weighted by Gasteiger charge is 2.26. The average Bonchev–Trinajstić information content (AvgIpc) is 2.69. The SMILES string of the molecule is CCCC(C)(C)n1c(CCl)nc2c(C)ccnc21. The highest BCUT2D eigenvalue weighted by atomic mass is 35.5. The van der Waals surface area contributed by atoms with E-state index in [1.807, 2.05) is 12.3 Å². The number of aryl methyl sites for hydroxylation is 1. The van der Waals surface area contributed by atoms with E-state index in [9.17, 15) is 0 Å². The molecule has 2 heterocycles. The first-order valence-corrected chi connectivity index (χ1v) is 6.94. The van der Waals surface area contributed by atoms with Crippen molar-refractivity contribution in [1.29, 1.82) is 0 Å². The van der Waals surface area contributed by atoms with Gasteiger partial charge in [0.1, 0.15) is 11.3 Å². The number of fused-ring (bicyclic) bond motifs is 1. The van der Waals surface area contributed by atoms with Gasteiger partial charge in [-0.15, -0.1) is 11.6 Å². The highest BCUT2D eigenvalue weighted by molar-refractivity contribution is 6.16. The number of aromatic nitrogens is 3. The fourth-order valence-corrected chi connectivity index (χ4v) is 2.77. The van der Waals surface area contributed by atoms with Crippen molar-refractivity contribution in [2.45, 2.75) is 52.0 Å². The molecule has 2 aromatic heterocycles. The van der Waals surface area contributed by atoms with Crippen LogP contribution in [0.25, 0.3) is 11.2 Å². The van der Waals surface area contributed by atoms with E-state index < -0.39 is 0 Å². The fourth-order valence-electron chi connectivity index (χ4n) is 2.59. The van der Waals surface area contributed by atoms with E-state index in [0.717, 1.165) is 35.4 Å². The lowest BCUT2D eigenvalue weighted by atomic mass is 9.98. The average molecular weight is 266 g/mol. The minimum atomic E-state index is -0.00544. The predicted octanol–water partition coefficient (Wildman–Crippen LogP) is 4.01. The molecule has 0 amide bonds. The predicted molar refractivity (Wildman–Crippen MR) is 76.1 cm³/mol. The van der Waals surface area contributed by atoms with Gasteiger partial charge in [-0.25, -0.2) is 9.97 Å². The van der Waals surface area contributed by atoms with E-state index in [4.69, 9.17) is 11.6 Å². The summed E-state index contributed by atoms with van der Waals surface area (Å²) in [5.41, 5.74) is 3.06. The number of rotatable bonds is 4. The Balaban J connectivity index is 2.71. The highest BCUT2D eigenvalue weighted by Crippen LogP contribution is 2.29. The Labute approximate surface area is 113 Å². The molecule has 0 radical (unpaired) electrons. The van der Waals surface area contributed by atoms with Crippen molar-refractivity contribution in [2.24, 2.45) is 0 Å². The molecule has 98 valence electrons. The monoisotopic (exact) mass is 265 g/mol. The van der Waals surface area contributed by atoms with Gasteiger partial charge in [0.05, 0.1) is 5.88 Å². The van der Waals surface area contributed by atoms with Crippen LogP contribution < -0.4 is 0 Å². The van der Waals surface area contributed by atoms with Crippen LogP contribution in [-0.2, 0) is 11.4 Å². The van der Waals surface area contributed by atoms with Crippen molar-refractivity contribution >= 4 is 22.8 Å². The Morgan fingerprint density at radius 2 is 2.11 bits per heavy atom. The molecule has 2 aromatic rings. The van der Waals surface area contributed by atoms with Gasteiger partial charge in [-0.3, -0.25) is 0 Å². The molecule has 0 saturated carbocycles. The minimum absolute atomic E-state index is 0.00544. The zero-order chi connectivity index (χ0) is 13.3. The summed E-state index contributed by atoms with van der Waals surface area (Å²) in [7, 11) is 0. The van der Waals surface area contributed by atoms with Crippen LogP contribution in [0.15, 0.2) is 12.3 Å². The van der Waals surface area contributed by atoms with Crippen LogP contribution in [0.4, 0.5) is 0 Å². The zero-order valence-electron chi connectivity index (χ0n) is 11.5. The van der Waals surface area contributed by atoms with E-state index in [-0.39, 0.29) is 5.54 Å². The lowest BCUT2D eigenvalue weighted by molar-refractivity contribution is 0.324. The molecule has 0 aliphatic carbocycles. The number of pyridine rings is 1. The second-order valence-corrected chi connectivity index (χ2v) is 5.63. The molecule has 0 aromatic carbocycles. The standard InChI is InChI=1S/C14H20ClN3/c1-5-7-14(3,4)18-11(9-15)17-12-10(2)6-8-16-13(12)18/h6,8H,5,7,9H2,1-4H3. The third kappa shape index (κ3) is 2.12. The first-order valence-electron chi connectivity index (χ1n) is 6.40. The van der Waals surface area contributed by atoms with Crippen molar-refractivity contribution in [3.05, 3.63) is 23.7 Å². The summed E-state index contributed by atoms with van der Waals surface area (Å²) < 4.78 is 2.20. The van der Waals surface area contributed by atoms with Crippen LogP contribution in [-0.4, -0.2) is 14.5 Å². The number of halogens is 1. The van der Waals surface area contributed by atoms with Gasteiger partial charge >= 0.3 is 0 Å². The molecule has 0 atom stereocenters. The molecule has 0 aliphatic rings. The summed E-state index contributed by atoms with van der Waals surface area (Å²) in [6, 6.07) is 1.99. The van der Waals surface area contributed by atoms with Gasteiger partial charge < -0.3 is 4.57 Å². The quantitative estimate of drug-likeness (QED) is 0.782. The smallest absolute Gasteiger partial charge is 0.160 e. The third-order valence-corrected chi connectivity index (χ3v) is 3.64. The van der Waals surface area contributed by atoms with Gasteiger partial charge in [-0.1, -0.05) is 13.3 Å². The Kier molecular flexibility index (Phi) is 3.62. The zero-order valence-corrected chi connectivity index (χ0v) is 12.3. The number of imidazole rings is 1. The Morgan fingerprint density at radius 3 is 2.72 bits per heavy atom. The first-order chi connectivity index (χ1) is 8.51. The number of nitrogens with zero attached hydrogens (tertiary/aromatic N) is 3. The van der Waals surface area contributed by atoms with E-state index in [1.165, 1.54) is 0 Å². The van der Waals surface area contributed by atoms with Gasteiger partial charge in [-0.05, 0) is 38.8 Å². The van der Waals surface area contributed by atoms with Crippen molar-refractivity contribution < 1.29 is 0 Å². The van der Waals surface area contributed by atoms with Crippen LogP contribution in [0.1, 0.15) is 45.0 Å². The van der Waals surface area contributed by atoms with Gasteiger partial charge in [0.15, 0.2) is 5.65 Å². The molecule has 18 heavy (non-hydrogen) atoms.